The fourth-order valence-electron chi connectivity index (χ4n) is 2.86. The number of ether oxygens (including phenoxy) is 1. The Morgan fingerprint density at radius 2 is 1.84 bits per heavy atom. The predicted molar refractivity (Wildman–Crippen MR) is 85.5 cm³/mol. The lowest BCUT2D eigenvalue weighted by molar-refractivity contribution is 0.391. The van der Waals surface area contributed by atoms with Gasteiger partial charge in [0, 0.05) is 10.6 Å². The minimum atomic E-state index is -0.0250. The monoisotopic (exact) mass is 364 g/mol. The summed E-state index contributed by atoms with van der Waals surface area (Å²) in [6, 6.07) is 3.79. The Morgan fingerprint density at radius 1 is 1.21 bits per heavy atom. The first-order valence-corrected chi connectivity index (χ1v) is 8.41. The third kappa shape index (κ3) is 3.80. The van der Waals surface area contributed by atoms with Crippen LogP contribution in [0.1, 0.15) is 49.5 Å². The summed E-state index contributed by atoms with van der Waals surface area (Å²) in [6.45, 7) is 0. The van der Waals surface area contributed by atoms with Crippen LogP contribution in [-0.4, -0.2) is 7.11 Å². The predicted octanol–water partition coefficient (Wildman–Crippen LogP) is 6.36. The summed E-state index contributed by atoms with van der Waals surface area (Å²) < 4.78 is 6.36. The van der Waals surface area contributed by atoms with Crippen LogP contribution in [0, 0.1) is 5.92 Å². The van der Waals surface area contributed by atoms with Crippen LogP contribution in [0.2, 0.25) is 5.02 Å². The van der Waals surface area contributed by atoms with Gasteiger partial charge in [0.25, 0.3) is 0 Å². The molecular weight excluding hydrogens is 347 g/mol. The van der Waals surface area contributed by atoms with E-state index in [-0.39, 0.29) is 5.38 Å². The average Bonchev–Trinajstić information content (AvgIpc) is 2.66. The topological polar surface area (TPSA) is 9.23 Å². The minimum absolute atomic E-state index is 0.0250. The van der Waals surface area contributed by atoms with E-state index in [2.05, 4.69) is 15.9 Å². The number of methoxy groups -OCH3 is 1. The van der Waals surface area contributed by atoms with Gasteiger partial charge in [-0.25, -0.2) is 0 Å². The Bertz CT molecular complexity index is 428. The quantitative estimate of drug-likeness (QED) is 0.447. The second kappa shape index (κ2) is 7.19. The third-order valence-electron chi connectivity index (χ3n) is 3.85. The highest BCUT2D eigenvalue weighted by molar-refractivity contribution is 9.10. The summed E-state index contributed by atoms with van der Waals surface area (Å²) in [5, 5.41) is 0.671. The molecule has 19 heavy (non-hydrogen) atoms. The van der Waals surface area contributed by atoms with Crippen molar-refractivity contribution in [3.63, 3.8) is 0 Å². The van der Waals surface area contributed by atoms with Gasteiger partial charge >= 0.3 is 0 Å². The van der Waals surface area contributed by atoms with Crippen LogP contribution >= 0.6 is 39.1 Å². The average molecular weight is 366 g/mol. The number of alkyl halides is 1. The zero-order chi connectivity index (χ0) is 13.8. The number of halogens is 3. The van der Waals surface area contributed by atoms with Crippen molar-refractivity contribution in [1.82, 2.24) is 0 Å². The molecular formula is C15H19BrCl2O. The summed E-state index contributed by atoms with van der Waals surface area (Å²) in [7, 11) is 1.67. The highest BCUT2D eigenvalue weighted by Crippen LogP contribution is 2.44. The lowest BCUT2D eigenvalue weighted by Gasteiger charge is -2.23. The van der Waals surface area contributed by atoms with Crippen LogP contribution in [0.25, 0.3) is 0 Å². The number of rotatable bonds is 3. The van der Waals surface area contributed by atoms with E-state index in [1.54, 1.807) is 7.11 Å². The fraction of sp³-hybridized carbons (Fsp3) is 0.600. The Kier molecular flexibility index (Phi) is 5.86. The fourth-order valence-corrected chi connectivity index (χ4v) is 4.27. The molecule has 1 saturated carbocycles. The molecule has 1 aliphatic rings. The van der Waals surface area contributed by atoms with Gasteiger partial charge in [0.1, 0.15) is 5.75 Å². The Balaban J connectivity index is 2.28. The SMILES string of the molecule is COc1c(Br)cc(Cl)cc1C(Cl)C1CCCCCC1. The van der Waals surface area contributed by atoms with Gasteiger partial charge in [-0.2, -0.15) is 0 Å². The molecule has 0 heterocycles. The van der Waals surface area contributed by atoms with Gasteiger partial charge < -0.3 is 4.74 Å². The van der Waals surface area contributed by atoms with E-state index in [9.17, 15) is 0 Å². The molecule has 1 aromatic rings. The molecule has 1 unspecified atom stereocenters. The molecule has 0 spiro atoms. The van der Waals surface area contributed by atoms with Crippen molar-refractivity contribution in [2.75, 3.05) is 7.11 Å². The molecule has 2 rings (SSSR count). The van der Waals surface area contributed by atoms with Crippen LogP contribution < -0.4 is 4.74 Å². The van der Waals surface area contributed by atoms with Gasteiger partial charge in [-0.3, -0.25) is 0 Å². The Hall–Kier alpha value is 0.0800. The standard InChI is InChI=1S/C15H19BrCl2O/c1-19-15-12(8-11(17)9-13(15)16)14(18)10-6-4-2-3-5-7-10/h8-10,14H,2-7H2,1H3. The molecule has 1 nitrogen and oxygen atoms in total. The molecule has 106 valence electrons. The zero-order valence-corrected chi connectivity index (χ0v) is 14.2. The van der Waals surface area contributed by atoms with Crippen LogP contribution in [0.4, 0.5) is 0 Å². The molecule has 0 N–H and O–H groups in total. The molecule has 0 saturated heterocycles. The van der Waals surface area contributed by atoms with Crippen LogP contribution in [0.15, 0.2) is 16.6 Å². The second-order valence-electron chi connectivity index (χ2n) is 5.16. The van der Waals surface area contributed by atoms with Crippen molar-refractivity contribution in [3.05, 3.63) is 27.2 Å². The van der Waals surface area contributed by atoms with Crippen molar-refractivity contribution in [3.8, 4) is 5.75 Å². The van der Waals surface area contributed by atoms with E-state index < -0.39 is 0 Å². The molecule has 1 fully saturated rings. The van der Waals surface area contributed by atoms with Crippen LogP contribution in [-0.2, 0) is 0 Å². The summed E-state index contributed by atoms with van der Waals surface area (Å²) >= 11 is 16.4. The molecule has 1 atom stereocenters. The maximum absolute atomic E-state index is 6.73. The van der Waals surface area contributed by atoms with Gasteiger partial charge in [0.05, 0.1) is 17.0 Å². The van der Waals surface area contributed by atoms with E-state index in [0.29, 0.717) is 10.9 Å². The van der Waals surface area contributed by atoms with Gasteiger partial charge in [0.2, 0.25) is 0 Å². The first kappa shape index (κ1) is 15.5. The van der Waals surface area contributed by atoms with E-state index in [4.69, 9.17) is 27.9 Å². The number of hydrogen-bond donors (Lipinski definition) is 0. The van der Waals surface area contributed by atoms with Gasteiger partial charge in [-0.15, -0.1) is 11.6 Å². The smallest absolute Gasteiger partial charge is 0.137 e. The highest BCUT2D eigenvalue weighted by Gasteiger charge is 2.26. The van der Waals surface area contributed by atoms with Gasteiger partial charge in [0.15, 0.2) is 0 Å². The van der Waals surface area contributed by atoms with E-state index in [1.165, 1.54) is 38.5 Å². The molecule has 0 radical (unpaired) electrons. The Labute approximate surface area is 133 Å². The van der Waals surface area contributed by atoms with E-state index in [0.717, 1.165) is 15.8 Å². The maximum atomic E-state index is 6.73. The lowest BCUT2D eigenvalue weighted by Crippen LogP contribution is -2.09. The first-order chi connectivity index (χ1) is 9.13. The largest absolute Gasteiger partial charge is 0.495 e. The molecule has 0 aliphatic heterocycles. The molecule has 0 bridgehead atoms. The molecule has 1 aromatic carbocycles. The summed E-state index contributed by atoms with van der Waals surface area (Å²) in [5.41, 5.74) is 1.01. The van der Waals surface area contributed by atoms with Crippen LogP contribution in [0.5, 0.6) is 5.75 Å². The molecule has 0 amide bonds. The Morgan fingerprint density at radius 3 is 2.42 bits per heavy atom. The summed E-state index contributed by atoms with van der Waals surface area (Å²) in [6.07, 6.45) is 7.60. The minimum Gasteiger partial charge on any atom is -0.495 e. The third-order valence-corrected chi connectivity index (χ3v) is 5.25. The highest BCUT2D eigenvalue weighted by atomic mass is 79.9. The lowest BCUT2D eigenvalue weighted by atomic mass is 9.91. The second-order valence-corrected chi connectivity index (χ2v) is 6.92. The van der Waals surface area contributed by atoms with Crippen LogP contribution in [0.3, 0.4) is 0 Å². The van der Waals surface area contributed by atoms with E-state index in [1.807, 2.05) is 12.1 Å². The summed E-state index contributed by atoms with van der Waals surface area (Å²) in [5.74, 6) is 1.33. The summed E-state index contributed by atoms with van der Waals surface area (Å²) in [4.78, 5) is 0. The zero-order valence-electron chi connectivity index (χ0n) is 11.1. The van der Waals surface area contributed by atoms with Crippen molar-refractivity contribution in [2.24, 2.45) is 5.92 Å². The molecule has 1 aliphatic carbocycles. The van der Waals surface area contributed by atoms with Gasteiger partial charge in [-0.1, -0.05) is 37.3 Å². The maximum Gasteiger partial charge on any atom is 0.137 e. The van der Waals surface area contributed by atoms with E-state index >= 15 is 0 Å². The number of benzene rings is 1. The number of hydrogen-bond acceptors (Lipinski definition) is 1. The van der Waals surface area contributed by atoms with Crippen molar-refractivity contribution >= 4 is 39.1 Å². The molecule has 4 heteroatoms. The molecule has 0 aromatic heterocycles. The van der Waals surface area contributed by atoms with Gasteiger partial charge in [-0.05, 0) is 46.8 Å². The normalized spacial score (nSPS) is 18.9. The van der Waals surface area contributed by atoms with Crippen molar-refractivity contribution < 1.29 is 4.74 Å². The first-order valence-electron chi connectivity index (χ1n) is 6.80. The van der Waals surface area contributed by atoms with Crippen molar-refractivity contribution in [1.29, 1.82) is 0 Å². The van der Waals surface area contributed by atoms with Crippen molar-refractivity contribution in [2.45, 2.75) is 43.9 Å².